The monoisotopic (exact) mass is 251 g/mol. The average molecular weight is 251 g/mol. The average Bonchev–Trinajstić information content (AvgIpc) is 2.38. The maximum atomic E-state index is 11.2. The lowest BCUT2D eigenvalue weighted by Gasteiger charge is -2.22. The van der Waals surface area contributed by atoms with Crippen LogP contribution in [0.2, 0.25) is 0 Å². The molecule has 0 saturated heterocycles. The highest BCUT2D eigenvalue weighted by Crippen LogP contribution is 2.14. The van der Waals surface area contributed by atoms with Crippen LogP contribution in [0.1, 0.15) is 24.2 Å². The van der Waals surface area contributed by atoms with Gasteiger partial charge in [0.1, 0.15) is 0 Å². The van der Waals surface area contributed by atoms with E-state index in [1.54, 1.807) is 0 Å². The van der Waals surface area contributed by atoms with Crippen LogP contribution in [0.5, 0.6) is 0 Å². The number of aliphatic hydroxyl groups is 1. The zero-order chi connectivity index (χ0) is 13.5. The molecule has 0 aliphatic carbocycles. The number of aryl methyl sites for hydroxylation is 1. The Morgan fingerprint density at radius 2 is 2.00 bits per heavy atom. The molecule has 1 aromatic rings. The van der Waals surface area contributed by atoms with Crippen LogP contribution in [0.25, 0.3) is 0 Å². The summed E-state index contributed by atoms with van der Waals surface area (Å²) in [6.07, 6.45) is -0.588. The molecule has 0 spiro atoms. The smallest absolute Gasteiger partial charge is 0.319 e. The second-order valence-corrected chi connectivity index (χ2v) is 4.33. The lowest BCUT2D eigenvalue weighted by atomic mass is 10.1. The summed E-state index contributed by atoms with van der Waals surface area (Å²) < 4.78 is 4.62. The van der Waals surface area contributed by atoms with Crippen molar-refractivity contribution in [2.75, 3.05) is 26.7 Å². The number of aliphatic hydroxyl groups excluding tert-OH is 1. The maximum Gasteiger partial charge on any atom is 0.319 e. The van der Waals surface area contributed by atoms with Gasteiger partial charge in [-0.15, -0.1) is 0 Å². The van der Waals surface area contributed by atoms with E-state index in [0.717, 1.165) is 11.1 Å². The van der Waals surface area contributed by atoms with Crippen molar-refractivity contribution in [1.82, 2.24) is 4.90 Å². The summed E-state index contributed by atoms with van der Waals surface area (Å²) in [7, 11) is 1.37. The number of hydrogen-bond donors (Lipinski definition) is 1. The molecule has 0 heterocycles. The Labute approximate surface area is 108 Å². The molecule has 0 saturated carbocycles. The van der Waals surface area contributed by atoms with Crippen LogP contribution in [-0.2, 0) is 9.53 Å². The molecule has 4 heteroatoms. The molecule has 0 bridgehead atoms. The fourth-order valence-electron chi connectivity index (χ4n) is 1.69. The SMILES string of the molecule is CCN(CC(=O)OC)CC(O)c1ccc(C)cc1. The van der Waals surface area contributed by atoms with E-state index >= 15 is 0 Å². The topological polar surface area (TPSA) is 49.8 Å². The van der Waals surface area contributed by atoms with E-state index in [2.05, 4.69) is 4.74 Å². The standard InChI is InChI=1S/C14H21NO3/c1-4-15(10-14(17)18-3)9-13(16)12-7-5-11(2)6-8-12/h5-8,13,16H,4,9-10H2,1-3H3. The van der Waals surface area contributed by atoms with Crippen molar-refractivity contribution < 1.29 is 14.6 Å². The van der Waals surface area contributed by atoms with Gasteiger partial charge in [0.2, 0.25) is 0 Å². The lowest BCUT2D eigenvalue weighted by molar-refractivity contribution is -0.142. The second kappa shape index (κ2) is 7.13. The van der Waals surface area contributed by atoms with Crippen LogP contribution in [-0.4, -0.2) is 42.7 Å². The lowest BCUT2D eigenvalue weighted by Crippen LogP contribution is -2.34. The number of rotatable bonds is 6. The van der Waals surface area contributed by atoms with E-state index in [1.807, 2.05) is 43.0 Å². The number of nitrogens with zero attached hydrogens (tertiary/aromatic N) is 1. The van der Waals surface area contributed by atoms with Crippen molar-refractivity contribution in [2.24, 2.45) is 0 Å². The van der Waals surface area contributed by atoms with Crippen molar-refractivity contribution in [1.29, 1.82) is 0 Å². The summed E-state index contributed by atoms with van der Waals surface area (Å²) in [5, 5.41) is 10.1. The predicted molar refractivity (Wildman–Crippen MR) is 70.3 cm³/mol. The number of likely N-dealkylation sites (N-methyl/N-ethyl adjacent to an activating group) is 1. The van der Waals surface area contributed by atoms with Crippen molar-refractivity contribution in [3.8, 4) is 0 Å². The van der Waals surface area contributed by atoms with Crippen LogP contribution in [0, 0.1) is 6.92 Å². The Kier molecular flexibility index (Phi) is 5.82. The zero-order valence-corrected chi connectivity index (χ0v) is 11.2. The summed E-state index contributed by atoms with van der Waals surface area (Å²) >= 11 is 0. The highest BCUT2D eigenvalue weighted by atomic mass is 16.5. The summed E-state index contributed by atoms with van der Waals surface area (Å²) in [5.74, 6) is -0.284. The number of benzene rings is 1. The molecule has 1 N–H and O–H groups in total. The number of methoxy groups -OCH3 is 1. The van der Waals surface area contributed by atoms with E-state index in [-0.39, 0.29) is 12.5 Å². The highest BCUT2D eigenvalue weighted by molar-refractivity contribution is 5.71. The molecule has 18 heavy (non-hydrogen) atoms. The second-order valence-electron chi connectivity index (χ2n) is 4.33. The Morgan fingerprint density at radius 1 is 1.39 bits per heavy atom. The third-order valence-electron chi connectivity index (χ3n) is 2.92. The molecule has 4 nitrogen and oxygen atoms in total. The van der Waals surface area contributed by atoms with Crippen molar-refractivity contribution in [2.45, 2.75) is 20.0 Å². The largest absolute Gasteiger partial charge is 0.468 e. The molecule has 0 radical (unpaired) electrons. The number of ether oxygens (including phenoxy) is 1. The maximum absolute atomic E-state index is 11.2. The summed E-state index contributed by atoms with van der Waals surface area (Å²) in [5.41, 5.74) is 2.02. The van der Waals surface area contributed by atoms with Crippen LogP contribution in [0.15, 0.2) is 24.3 Å². The Bertz CT molecular complexity index is 375. The molecule has 100 valence electrons. The van der Waals surface area contributed by atoms with E-state index in [4.69, 9.17) is 0 Å². The number of hydrogen-bond acceptors (Lipinski definition) is 4. The summed E-state index contributed by atoms with van der Waals surface area (Å²) in [4.78, 5) is 13.1. The molecule has 1 atom stereocenters. The van der Waals surface area contributed by atoms with E-state index in [9.17, 15) is 9.90 Å². The third-order valence-corrected chi connectivity index (χ3v) is 2.92. The number of carbonyl (C=O) groups is 1. The van der Waals surface area contributed by atoms with Gasteiger partial charge in [0.25, 0.3) is 0 Å². The Balaban J connectivity index is 2.58. The molecule has 0 aliphatic rings. The first kappa shape index (κ1) is 14.7. The Hall–Kier alpha value is -1.39. The third kappa shape index (κ3) is 4.47. The molecule has 0 aliphatic heterocycles. The van der Waals surface area contributed by atoms with Crippen LogP contribution in [0.3, 0.4) is 0 Å². The van der Waals surface area contributed by atoms with Crippen LogP contribution < -0.4 is 0 Å². The van der Waals surface area contributed by atoms with E-state index in [1.165, 1.54) is 7.11 Å². The highest BCUT2D eigenvalue weighted by Gasteiger charge is 2.15. The zero-order valence-electron chi connectivity index (χ0n) is 11.2. The van der Waals surface area contributed by atoms with E-state index < -0.39 is 6.10 Å². The minimum atomic E-state index is -0.588. The Morgan fingerprint density at radius 3 is 2.50 bits per heavy atom. The number of carbonyl (C=O) groups excluding carboxylic acids is 1. The van der Waals surface area contributed by atoms with Gasteiger partial charge in [0.05, 0.1) is 19.8 Å². The van der Waals surface area contributed by atoms with Gasteiger partial charge in [-0.25, -0.2) is 0 Å². The number of esters is 1. The van der Waals surface area contributed by atoms with Crippen molar-refractivity contribution in [3.05, 3.63) is 35.4 Å². The molecule has 0 aromatic heterocycles. The van der Waals surface area contributed by atoms with Gasteiger partial charge < -0.3 is 9.84 Å². The fourth-order valence-corrected chi connectivity index (χ4v) is 1.69. The minimum Gasteiger partial charge on any atom is -0.468 e. The predicted octanol–water partition coefficient (Wildman–Crippen LogP) is 1.52. The minimum absolute atomic E-state index is 0.204. The molecule has 0 amide bonds. The molecule has 0 fully saturated rings. The van der Waals surface area contributed by atoms with Crippen molar-refractivity contribution >= 4 is 5.97 Å². The van der Waals surface area contributed by atoms with Gasteiger partial charge in [-0.3, -0.25) is 9.69 Å². The first-order valence-electron chi connectivity index (χ1n) is 6.10. The van der Waals surface area contributed by atoms with E-state index in [0.29, 0.717) is 13.1 Å². The molecule has 1 unspecified atom stereocenters. The van der Waals surface area contributed by atoms with Gasteiger partial charge in [-0.1, -0.05) is 36.8 Å². The van der Waals surface area contributed by atoms with Crippen LogP contribution in [0.4, 0.5) is 0 Å². The summed E-state index contributed by atoms with van der Waals surface area (Å²) in [6.45, 7) is 5.28. The fraction of sp³-hybridized carbons (Fsp3) is 0.500. The van der Waals surface area contributed by atoms with Gasteiger partial charge in [-0.2, -0.15) is 0 Å². The van der Waals surface area contributed by atoms with Gasteiger partial charge >= 0.3 is 5.97 Å². The van der Waals surface area contributed by atoms with Crippen molar-refractivity contribution in [3.63, 3.8) is 0 Å². The normalized spacial score (nSPS) is 12.5. The first-order chi connectivity index (χ1) is 8.56. The van der Waals surface area contributed by atoms with Crippen LogP contribution >= 0.6 is 0 Å². The molecule has 1 rings (SSSR count). The van der Waals surface area contributed by atoms with Gasteiger partial charge in [0, 0.05) is 6.54 Å². The molecular weight excluding hydrogens is 230 g/mol. The quantitative estimate of drug-likeness (QED) is 0.779. The first-order valence-corrected chi connectivity index (χ1v) is 6.10. The molecule has 1 aromatic carbocycles. The molecular formula is C14H21NO3. The van der Waals surface area contributed by atoms with Gasteiger partial charge in [0.15, 0.2) is 0 Å². The summed E-state index contributed by atoms with van der Waals surface area (Å²) in [6, 6.07) is 7.75. The van der Waals surface area contributed by atoms with Gasteiger partial charge in [-0.05, 0) is 19.0 Å².